The van der Waals surface area contributed by atoms with E-state index in [1.807, 2.05) is 0 Å². The Kier molecular flexibility index (Phi) is 6.73. The molecule has 5 heteroatoms. The van der Waals surface area contributed by atoms with Crippen molar-refractivity contribution in [3.05, 3.63) is 44.6 Å². The van der Waals surface area contributed by atoms with Gasteiger partial charge in [-0.1, -0.05) is 41.5 Å². The van der Waals surface area contributed by atoms with Crippen molar-refractivity contribution in [1.29, 1.82) is 0 Å². The van der Waals surface area contributed by atoms with E-state index < -0.39 is 8.32 Å². The van der Waals surface area contributed by atoms with Crippen LogP contribution in [0.5, 0.6) is 5.75 Å². The molecule has 0 bridgehead atoms. The number of benzene rings is 1. The smallest absolute Gasteiger partial charge is 0.258 e. The Labute approximate surface area is 192 Å². The Hall–Kier alpha value is -1.33. The SMILES string of the molecule is Cc1cc(Br)c(Nc2c(C)c(O[Si](C(C)C)(C(C)C)C(C)C)cc3c2CC3)nc1C. The maximum absolute atomic E-state index is 7.11. The summed E-state index contributed by atoms with van der Waals surface area (Å²) < 4.78 is 8.10. The van der Waals surface area contributed by atoms with Gasteiger partial charge in [-0.3, -0.25) is 0 Å². The highest BCUT2D eigenvalue weighted by molar-refractivity contribution is 9.10. The van der Waals surface area contributed by atoms with Gasteiger partial charge < -0.3 is 9.74 Å². The van der Waals surface area contributed by atoms with Gasteiger partial charge in [-0.05, 0) is 95.0 Å². The molecule has 164 valence electrons. The second-order valence-electron chi connectivity index (χ2n) is 9.78. The summed E-state index contributed by atoms with van der Waals surface area (Å²) in [6, 6.07) is 4.46. The van der Waals surface area contributed by atoms with Crippen LogP contribution in [0.15, 0.2) is 16.6 Å². The van der Waals surface area contributed by atoms with Gasteiger partial charge in [0.05, 0.1) is 4.47 Å². The number of hydrogen-bond donors (Lipinski definition) is 1. The van der Waals surface area contributed by atoms with Crippen molar-refractivity contribution in [3.63, 3.8) is 0 Å². The summed E-state index contributed by atoms with van der Waals surface area (Å²) >= 11 is 3.70. The van der Waals surface area contributed by atoms with Crippen LogP contribution >= 0.6 is 15.9 Å². The number of pyridine rings is 1. The molecule has 1 heterocycles. The fourth-order valence-corrected chi connectivity index (χ4v) is 11.0. The first-order valence-electron chi connectivity index (χ1n) is 11.2. The fraction of sp³-hybridized carbons (Fsp3) is 0.560. The number of hydrogen-bond acceptors (Lipinski definition) is 3. The number of fused-ring (bicyclic) bond motifs is 1. The van der Waals surface area contributed by atoms with Gasteiger partial charge in [0.1, 0.15) is 11.6 Å². The van der Waals surface area contributed by atoms with Gasteiger partial charge in [0, 0.05) is 16.9 Å². The van der Waals surface area contributed by atoms with Gasteiger partial charge in [0.25, 0.3) is 8.32 Å². The van der Waals surface area contributed by atoms with E-state index in [0.29, 0.717) is 16.6 Å². The van der Waals surface area contributed by atoms with Gasteiger partial charge in [-0.25, -0.2) is 4.98 Å². The molecule has 0 radical (unpaired) electrons. The minimum absolute atomic E-state index is 0.551. The van der Waals surface area contributed by atoms with Gasteiger partial charge >= 0.3 is 0 Å². The highest BCUT2D eigenvalue weighted by atomic mass is 79.9. The van der Waals surface area contributed by atoms with Crippen LogP contribution in [-0.4, -0.2) is 13.3 Å². The van der Waals surface area contributed by atoms with Crippen LogP contribution < -0.4 is 9.74 Å². The number of rotatable bonds is 7. The van der Waals surface area contributed by atoms with E-state index in [-0.39, 0.29) is 0 Å². The molecule has 1 aliphatic rings. The van der Waals surface area contributed by atoms with Crippen LogP contribution in [0.1, 0.15) is 69.5 Å². The van der Waals surface area contributed by atoms with E-state index in [9.17, 15) is 0 Å². The van der Waals surface area contributed by atoms with Gasteiger partial charge in [0.15, 0.2) is 0 Å². The van der Waals surface area contributed by atoms with E-state index in [1.165, 1.54) is 27.9 Å². The van der Waals surface area contributed by atoms with Gasteiger partial charge in [-0.2, -0.15) is 0 Å². The van der Waals surface area contributed by atoms with Crippen LogP contribution in [0.4, 0.5) is 11.5 Å². The second kappa shape index (κ2) is 8.66. The average Bonchev–Trinajstić information content (AvgIpc) is 2.62. The Balaban J connectivity index is 2.08. The van der Waals surface area contributed by atoms with Crippen LogP contribution in [0.25, 0.3) is 0 Å². The summed E-state index contributed by atoms with van der Waals surface area (Å²) in [5, 5.41) is 3.66. The Morgan fingerprint density at radius 3 is 2.07 bits per heavy atom. The number of aromatic nitrogens is 1. The topological polar surface area (TPSA) is 34.1 Å². The third kappa shape index (κ3) is 3.95. The first-order chi connectivity index (χ1) is 14.0. The summed E-state index contributed by atoms with van der Waals surface area (Å²) in [4.78, 5) is 4.80. The predicted molar refractivity (Wildman–Crippen MR) is 135 cm³/mol. The minimum Gasteiger partial charge on any atom is -0.542 e. The first kappa shape index (κ1) is 23.3. The van der Waals surface area contributed by atoms with E-state index >= 15 is 0 Å². The molecular formula is C25H37BrN2OSi. The lowest BCUT2D eigenvalue weighted by molar-refractivity contribution is 0.475. The molecule has 0 aliphatic heterocycles. The molecule has 3 rings (SSSR count). The van der Waals surface area contributed by atoms with Crippen molar-refractivity contribution in [3.8, 4) is 5.75 Å². The zero-order chi connectivity index (χ0) is 22.4. The van der Waals surface area contributed by atoms with Crippen LogP contribution in [0, 0.1) is 20.8 Å². The largest absolute Gasteiger partial charge is 0.542 e. The van der Waals surface area contributed by atoms with E-state index in [1.54, 1.807) is 0 Å². The summed E-state index contributed by atoms with van der Waals surface area (Å²) in [5.41, 5.74) is 9.12. The number of nitrogens with zero attached hydrogens (tertiary/aromatic N) is 1. The average molecular weight is 490 g/mol. The quantitative estimate of drug-likeness (QED) is 0.398. The standard InChI is InChI=1S/C25H37BrN2OSi/c1-14(2)30(15(3)4,16(5)6)29-23-13-20-10-11-21(20)24(18(23)8)28-25-22(26)12-17(7)19(9)27-25/h12-16H,10-11H2,1-9H3,(H,27,28). The number of halogens is 1. The van der Waals surface area contributed by atoms with E-state index in [4.69, 9.17) is 9.41 Å². The third-order valence-electron chi connectivity index (χ3n) is 7.04. The molecule has 0 saturated heterocycles. The molecule has 1 aliphatic carbocycles. The van der Waals surface area contributed by atoms with Crippen molar-refractivity contribution in [2.45, 2.75) is 91.8 Å². The number of aryl methyl sites for hydroxylation is 3. The highest BCUT2D eigenvalue weighted by Gasteiger charge is 2.47. The molecule has 0 fully saturated rings. The Morgan fingerprint density at radius 2 is 1.57 bits per heavy atom. The summed E-state index contributed by atoms with van der Waals surface area (Å²) in [6.45, 7) is 20.4. The predicted octanol–water partition coefficient (Wildman–Crippen LogP) is 8.17. The number of anilines is 2. The van der Waals surface area contributed by atoms with Crippen molar-refractivity contribution in [1.82, 2.24) is 4.98 Å². The van der Waals surface area contributed by atoms with Crippen molar-refractivity contribution in [2.75, 3.05) is 5.32 Å². The molecule has 1 N–H and O–H groups in total. The molecular weight excluding hydrogens is 452 g/mol. The van der Waals surface area contributed by atoms with E-state index in [0.717, 1.165) is 34.6 Å². The normalized spacial score (nSPS) is 13.6. The van der Waals surface area contributed by atoms with Crippen LogP contribution in [0.2, 0.25) is 16.6 Å². The van der Waals surface area contributed by atoms with E-state index in [2.05, 4.69) is 95.7 Å². The van der Waals surface area contributed by atoms with Crippen molar-refractivity contribution in [2.24, 2.45) is 0 Å². The van der Waals surface area contributed by atoms with Crippen molar-refractivity contribution >= 4 is 35.8 Å². The first-order valence-corrected chi connectivity index (χ1v) is 14.2. The minimum atomic E-state index is -2.01. The molecule has 0 unspecified atom stereocenters. The molecule has 0 amide bonds. The highest BCUT2D eigenvalue weighted by Crippen LogP contribution is 2.47. The zero-order valence-corrected chi connectivity index (χ0v) is 22.6. The molecule has 30 heavy (non-hydrogen) atoms. The lowest BCUT2D eigenvalue weighted by Gasteiger charge is -2.43. The monoisotopic (exact) mass is 488 g/mol. The summed E-state index contributed by atoms with van der Waals surface area (Å²) in [7, 11) is -2.01. The maximum atomic E-state index is 7.11. The second-order valence-corrected chi connectivity index (χ2v) is 16.0. The molecule has 0 atom stereocenters. The van der Waals surface area contributed by atoms with Crippen LogP contribution in [-0.2, 0) is 12.8 Å². The summed E-state index contributed by atoms with van der Waals surface area (Å²) in [5.74, 6) is 1.95. The van der Waals surface area contributed by atoms with Crippen molar-refractivity contribution < 1.29 is 4.43 Å². The molecule has 3 nitrogen and oxygen atoms in total. The van der Waals surface area contributed by atoms with Crippen LogP contribution in [0.3, 0.4) is 0 Å². The number of nitrogens with one attached hydrogen (secondary N) is 1. The van der Waals surface area contributed by atoms with Gasteiger partial charge in [-0.15, -0.1) is 0 Å². The molecule has 2 aromatic rings. The molecule has 0 saturated carbocycles. The zero-order valence-electron chi connectivity index (χ0n) is 20.0. The Morgan fingerprint density at radius 1 is 0.967 bits per heavy atom. The molecule has 1 aromatic heterocycles. The fourth-order valence-electron chi connectivity index (χ4n) is 5.15. The lowest BCUT2D eigenvalue weighted by Crippen LogP contribution is -2.50. The molecule has 1 aromatic carbocycles. The third-order valence-corrected chi connectivity index (χ3v) is 13.6. The van der Waals surface area contributed by atoms with Gasteiger partial charge in [0.2, 0.25) is 0 Å². The molecule has 0 spiro atoms. The summed E-state index contributed by atoms with van der Waals surface area (Å²) in [6.07, 6.45) is 2.24. The maximum Gasteiger partial charge on any atom is 0.258 e. The lowest BCUT2D eigenvalue weighted by atomic mass is 9.85. The Bertz CT molecular complexity index is 931.